The van der Waals surface area contributed by atoms with Crippen LogP contribution in [-0.4, -0.2) is 33.3 Å². The Morgan fingerprint density at radius 3 is 2.47 bits per heavy atom. The van der Waals surface area contributed by atoms with Gasteiger partial charge in [-0.2, -0.15) is 18.0 Å². The average Bonchev–Trinajstić information content (AvgIpc) is 3.28. The molecule has 0 spiro atoms. The van der Waals surface area contributed by atoms with Crippen LogP contribution in [0.4, 0.5) is 28.9 Å². The fraction of sp³-hybridized carbons (Fsp3) is 0.130. The molecule has 0 unspecified atom stereocenters. The van der Waals surface area contributed by atoms with Gasteiger partial charge in [-0.15, -0.1) is 10.2 Å². The third kappa shape index (κ3) is 5.03. The molecule has 0 aliphatic heterocycles. The first-order valence-electron chi connectivity index (χ1n) is 9.93. The molecule has 1 N–H and O–H groups in total. The minimum Gasteiger partial charge on any atom is -0.465 e. The molecule has 7 nitrogen and oxygen atoms in total. The third-order valence-electron chi connectivity index (χ3n) is 4.90. The first-order valence-corrected chi connectivity index (χ1v) is 9.93. The lowest BCUT2D eigenvalue weighted by Gasteiger charge is -2.13. The maximum Gasteiger partial charge on any atom is 0.416 e. The van der Waals surface area contributed by atoms with Crippen molar-refractivity contribution in [2.24, 2.45) is 0 Å². The number of tetrazole rings is 1. The van der Waals surface area contributed by atoms with Gasteiger partial charge in [0.1, 0.15) is 5.82 Å². The second-order valence-electron chi connectivity index (χ2n) is 7.19. The lowest BCUT2D eigenvalue weighted by atomic mass is 10.1. The Morgan fingerprint density at radius 1 is 1.06 bits per heavy atom. The van der Waals surface area contributed by atoms with Gasteiger partial charge in [0.2, 0.25) is 5.82 Å². The summed E-state index contributed by atoms with van der Waals surface area (Å²) in [6, 6.07) is 15.1. The first kappa shape index (κ1) is 22.9. The molecule has 0 radical (unpaired) electrons. The van der Waals surface area contributed by atoms with Crippen molar-refractivity contribution in [3.05, 3.63) is 89.2 Å². The van der Waals surface area contributed by atoms with Crippen LogP contribution in [0.1, 0.15) is 21.5 Å². The summed E-state index contributed by atoms with van der Waals surface area (Å²) >= 11 is 0. The summed E-state index contributed by atoms with van der Waals surface area (Å²) in [4.78, 5) is 13.2. The fourth-order valence-corrected chi connectivity index (χ4v) is 3.18. The van der Waals surface area contributed by atoms with Crippen LogP contribution in [0, 0.1) is 5.82 Å². The zero-order valence-electron chi connectivity index (χ0n) is 17.7. The monoisotopic (exact) mass is 471 g/mol. The number of hydrogen-bond donors (Lipinski definition) is 1. The van der Waals surface area contributed by atoms with E-state index in [0.717, 1.165) is 12.1 Å². The summed E-state index contributed by atoms with van der Waals surface area (Å²) in [6.07, 6.45) is -4.45. The Bertz CT molecular complexity index is 1320. The minimum absolute atomic E-state index is 0.0258. The smallest absolute Gasteiger partial charge is 0.416 e. The van der Waals surface area contributed by atoms with Gasteiger partial charge in [-0.1, -0.05) is 18.2 Å². The van der Waals surface area contributed by atoms with Gasteiger partial charge in [-0.3, -0.25) is 0 Å². The number of carbonyl (C=O) groups excluding carboxylic acids is 1. The Kier molecular flexibility index (Phi) is 6.26. The van der Waals surface area contributed by atoms with Crippen molar-refractivity contribution in [1.29, 1.82) is 0 Å². The highest BCUT2D eigenvalue weighted by Crippen LogP contribution is 2.32. The van der Waals surface area contributed by atoms with Crippen molar-refractivity contribution in [3.8, 4) is 11.4 Å². The molecule has 4 rings (SSSR count). The summed E-state index contributed by atoms with van der Waals surface area (Å²) < 4.78 is 57.3. The highest BCUT2D eigenvalue weighted by Gasteiger charge is 2.30. The van der Waals surface area contributed by atoms with Crippen molar-refractivity contribution in [2.45, 2.75) is 12.7 Å². The van der Waals surface area contributed by atoms with Crippen LogP contribution in [-0.2, 0) is 17.5 Å². The molecule has 0 saturated carbocycles. The number of halogens is 4. The zero-order valence-corrected chi connectivity index (χ0v) is 17.7. The molecule has 1 heterocycles. The van der Waals surface area contributed by atoms with E-state index in [0.29, 0.717) is 22.5 Å². The molecule has 1 aromatic heterocycles. The van der Waals surface area contributed by atoms with E-state index in [9.17, 15) is 22.4 Å². The van der Waals surface area contributed by atoms with Crippen molar-refractivity contribution >= 4 is 17.3 Å². The van der Waals surface area contributed by atoms with Crippen LogP contribution in [0.15, 0.2) is 66.7 Å². The van der Waals surface area contributed by atoms with Gasteiger partial charge in [0.25, 0.3) is 0 Å². The normalized spacial score (nSPS) is 11.3. The molecule has 0 saturated heterocycles. The quantitative estimate of drug-likeness (QED) is 0.312. The molecule has 0 atom stereocenters. The lowest BCUT2D eigenvalue weighted by Crippen LogP contribution is -2.06. The number of ether oxygens (including phenoxy) is 1. The van der Waals surface area contributed by atoms with E-state index in [-0.39, 0.29) is 17.9 Å². The fourth-order valence-electron chi connectivity index (χ4n) is 3.18. The highest BCUT2D eigenvalue weighted by molar-refractivity contribution is 5.93. The van der Waals surface area contributed by atoms with E-state index in [4.69, 9.17) is 4.74 Å². The molecular weight excluding hydrogens is 454 g/mol. The molecule has 3 aromatic carbocycles. The van der Waals surface area contributed by atoms with Crippen LogP contribution < -0.4 is 5.32 Å². The Labute approximate surface area is 191 Å². The summed E-state index contributed by atoms with van der Waals surface area (Å²) in [7, 11) is 1.24. The van der Waals surface area contributed by atoms with Gasteiger partial charge in [0.15, 0.2) is 0 Å². The van der Waals surface area contributed by atoms with Gasteiger partial charge in [-0.25, -0.2) is 9.18 Å². The molecule has 11 heteroatoms. The van der Waals surface area contributed by atoms with Crippen LogP contribution in [0.3, 0.4) is 0 Å². The van der Waals surface area contributed by atoms with E-state index in [1.165, 1.54) is 42.2 Å². The molecule has 174 valence electrons. The first-order chi connectivity index (χ1) is 16.2. The number of nitrogens with zero attached hydrogens (tertiary/aromatic N) is 4. The van der Waals surface area contributed by atoms with Gasteiger partial charge >= 0.3 is 12.1 Å². The largest absolute Gasteiger partial charge is 0.465 e. The van der Waals surface area contributed by atoms with Gasteiger partial charge in [-0.05, 0) is 53.7 Å². The Hall–Kier alpha value is -4.28. The van der Waals surface area contributed by atoms with Crippen LogP contribution >= 0.6 is 0 Å². The number of methoxy groups -OCH3 is 1. The number of nitrogens with one attached hydrogen (secondary N) is 1. The number of carbonyl (C=O) groups is 1. The second kappa shape index (κ2) is 9.30. The number of alkyl halides is 3. The highest BCUT2D eigenvalue weighted by atomic mass is 19.4. The molecular formula is C23H17F4N5O2. The lowest BCUT2D eigenvalue weighted by molar-refractivity contribution is -0.137. The summed E-state index contributed by atoms with van der Waals surface area (Å²) in [5, 5.41) is 15.2. The SMILES string of the molecule is COC(=O)c1ccc(Nc2ccc(C(F)(F)F)cc2)c(-c2nnn(Cc3ccccc3F)n2)c1. The number of esters is 1. The molecule has 0 aliphatic carbocycles. The molecule has 0 bridgehead atoms. The molecule has 0 aliphatic rings. The number of rotatable bonds is 6. The molecule has 4 aromatic rings. The number of hydrogen-bond acceptors (Lipinski definition) is 6. The van der Waals surface area contributed by atoms with E-state index < -0.39 is 23.5 Å². The maximum atomic E-state index is 14.0. The van der Waals surface area contributed by atoms with Crippen LogP contribution in [0.25, 0.3) is 11.4 Å². The van der Waals surface area contributed by atoms with Crippen molar-refractivity contribution in [2.75, 3.05) is 12.4 Å². The van der Waals surface area contributed by atoms with Crippen molar-refractivity contribution < 1.29 is 27.1 Å². The minimum atomic E-state index is -4.45. The van der Waals surface area contributed by atoms with Gasteiger partial charge < -0.3 is 10.1 Å². The van der Waals surface area contributed by atoms with E-state index in [1.54, 1.807) is 24.3 Å². The average molecular weight is 471 g/mol. The van der Waals surface area contributed by atoms with E-state index in [1.807, 2.05) is 0 Å². The topological polar surface area (TPSA) is 81.9 Å². The number of aromatic nitrogens is 4. The number of benzene rings is 3. The van der Waals surface area contributed by atoms with Crippen molar-refractivity contribution in [1.82, 2.24) is 20.2 Å². The summed E-state index contributed by atoms with van der Waals surface area (Å²) in [5.41, 5.74) is 0.926. The standard InChI is InChI=1S/C23H17F4N5O2/c1-34-22(33)14-6-11-20(28-17-9-7-16(8-10-17)23(25,26)27)18(12-14)21-29-31-32(30-21)13-15-4-2-3-5-19(15)24/h2-12,28H,13H2,1H3. The molecule has 0 fully saturated rings. The molecule has 34 heavy (non-hydrogen) atoms. The summed E-state index contributed by atoms with van der Waals surface area (Å²) in [5.74, 6) is -0.892. The second-order valence-corrected chi connectivity index (χ2v) is 7.19. The third-order valence-corrected chi connectivity index (χ3v) is 4.90. The Balaban J connectivity index is 1.67. The van der Waals surface area contributed by atoms with Gasteiger partial charge in [0.05, 0.1) is 24.8 Å². The van der Waals surface area contributed by atoms with Crippen molar-refractivity contribution in [3.63, 3.8) is 0 Å². The predicted molar refractivity (Wildman–Crippen MR) is 115 cm³/mol. The zero-order chi connectivity index (χ0) is 24.3. The number of anilines is 2. The molecule has 0 amide bonds. The Morgan fingerprint density at radius 2 is 1.79 bits per heavy atom. The maximum absolute atomic E-state index is 14.0. The van der Waals surface area contributed by atoms with E-state index in [2.05, 4.69) is 20.7 Å². The predicted octanol–water partition coefficient (Wildman–Crippen LogP) is 5.08. The van der Waals surface area contributed by atoms with Gasteiger partial charge in [0, 0.05) is 22.5 Å². The van der Waals surface area contributed by atoms with Crippen LogP contribution in [0.5, 0.6) is 0 Å². The summed E-state index contributed by atoms with van der Waals surface area (Å²) in [6.45, 7) is 0.0258. The van der Waals surface area contributed by atoms with E-state index >= 15 is 0 Å². The van der Waals surface area contributed by atoms with Crippen LogP contribution in [0.2, 0.25) is 0 Å².